The smallest absolute Gasteiger partial charge is 0.143 e. The van der Waals surface area contributed by atoms with E-state index in [1.807, 2.05) is 12.1 Å². The lowest BCUT2D eigenvalue weighted by Crippen LogP contribution is -2.11. The molecule has 1 heterocycles. The van der Waals surface area contributed by atoms with Gasteiger partial charge in [-0.1, -0.05) is 146 Å². The Balaban J connectivity index is 1.03. The van der Waals surface area contributed by atoms with Gasteiger partial charge in [0.15, 0.2) is 0 Å². The number of nitrogens with zero attached hydrogens (tertiary/aromatic N) is 1. The molecule has 0 saturated carbocycles. The molecule has 11 aromatic rings. The predicted octanol–water partition coefficient (Wildman–Crippen LogP) is 15.5. The largest absolute Gasteiger partial charge is 0.455 e. The summed E-state index contributed by atoms with van der Waals surface area (Å²) in [4.78, 5) is 2.39. The third kappa shape index (κ3) is 5.51. The summed E-state index contributed by atoms with van der Waals surface area (Å²) in [6.45, 7) is 0. The number of para-hydroxylation sites is 2. The Hall–Kier alpha value is -7.42. The third-order valence-corrected chi connectivity index (χ3v) is 11.2. The number of anilines is 3. The lowest BCUT2D eigenvalue weighted by molar-refractivity contribution is 0.672. The highest BCUT2D eigenvalue weighted by Crippen LogP contribution is 2.43. The summed E-state index contributed by atoms with van der Waals surface area (Å²) < 4.78 is 6.41. The van der Waals surface area contributed by atoms with Gasteiger partial charge in [-0.2, -0.15) is 0 Å². The van der Waals surface area contributed by atoms with Crippen LogP contribution in [0.25, 0.3) is 87.6 Å². The molecule has 1 aromatic heterocycles. The van der Waals surface area contributed by atoms with Gasteiger partial charge in [0, 0.05) is 33.1 Å². The number of hydrogen-bond acceptors (Lipinski definition) is 2. The number of rotatable bonds is 6. The van der Waals surface area contributed by atoms with Crippen LogP contribution in [0.1, 0.15) is 0 Å². The van der Waals surface area contributed by atoms with Gasteiger partial charge in [0.05, 0.1) is 5.69 Å². The van der Waals surface area contributed by atoms with E-state index in [1.165, 1.54) is 43.8 Å². The van der Waals surface area contributed by atoms with Crippen molar-refractivity contribution in [1.29, 1.82) is 0 Å². The molecule has 10 aromatic carbocycles. The maximum absolute atomic E-state index is 6.41. The zero-order valence-electron chi connectivity index (χ0n) is 30.6. The van der Waals surface area contributed by atoms with Crippen LogP contribution in [0.2, 0.25) is 0 Å². The van der Waals surface area contributed by atoms with Gasteiger partial charge >= 0.3 is 0 Å². The van der Waals surface area contributed by atoms with E-state index < -0.39 is 0 Å². The second-order valence-electron chi connectivity index (χ2n) is 14.5. The number of furan rings is 1. The van der Waals surface area contributed by atoms with E-state index in [9.17, 15) is 0 Å². The van der Waals surface area contributed by atoms with E-state index in [0.29, 0.717) is 0 Å². The topological polar surface area (TPSA) is 16.4 Å². The maximum Gasteiger partial charge on any atom is 0.143 e. The number of fused-ring (bicyclic) bond motifs is 7. The summed E-state index contributed by atoms with van der Waals surface area (Å²) in [5.74, 6) is 0. The molecule has 0 saturated heterocycles. The van der Waals surface area contributed by atoms with Crippen molar-refractivity contribution in [3.8, 4) is 33.4 Å². The van der Waals surface area contributed by atoms with E-state index in [4.69, 9.17) is 4.42 Å². The highest BCUT2D eigenvalue weighted by atomic mass is 16.3. The molecule has 0 bridgehead atoms. The Morgan fingerprint density at radius 1 is 0.304 bits per heavy atom. The Morgan fingerprint density at radius 2 is 0.786 bits per heavy atom. The van der Waals surface area contributed by atoms with Gasteiger partial charge in [0.1, 0.15) is 11.2 Å². The molecule has 0 spiro atoms. The van der Waals surface area contributed by atoms with Crippen molar-refractivity contribution in [2.45, 2.75) is 0 Å². The Bertz CT molecular complexity index is 3120. The lowest BCUT2D eigenvalue weighted by atomic mass is 9.97. The van der Waals surface area contributed by atoms with Crippen molar-refractivity contribution in [2.24, 2.45) is 0 Å². The highest BCUT2D eigenvalue weighted by molar-refractivity contribution is 6.15. The minimum absolute atomic E-state index is 0.915. The minimum atomic E-state index is 0.915. The van der Waals surface area contributed by atoms with Crippen molar-refractivity contribution in [1.82, 2.24) is 0 Å². The van der Waals surface area contributed by atoms with E-state index >= 15 is 0 Å². The van der Waals surface area contributed by atoms with Gasteiger partial charge in [0.2, 0.25) is 0 Å². The average molecular weight is 714 g/mol. The molecule has 0 aliphatic rings. The molecule has 2 nitrogen and oxygen atoms in total. The molecule has 56 heavy (non-hydrogen) atoms. The Kier molecular flexibility index (Phi) is 7.53. The van der Waals surface area contributed by atoms with Crippen LogP contribution in [0.3, 0.4) is 0 Å². The van der Waals surface area contributed by atoms with Crippen LogP contribution < -0.4 is 4.90 Å². The fourth-order valence-corrected chi connectivity index (χ4v) is 8.36. The zero-order chi connectivity index (χ0) is 37.0. The fraction of sp³-hybridized carbons (Fsp3) is 0. The summed E-state index contributed by atoms with van der Waals surface area (Å²) in [6, 6.07) is 76.6. The van der Waals surface area contributed by atoms with Crippen molar-refractivity contribution in [2.75, 3.05) is 4.90 Å². The highest BCUT2D eigenvalue weighted by Gasteiger charge is 2.19. The first-order chi connectivity index (χ1) is 27.7. The SMILES string of the molecule is c1ccc(N(c2ccc(-c3ccc4ccccc4c3)cc2)c2ccc(-c3ccc4ccccc4c3)cc2)c(-c2ccc3c(ccc4c5ccccc5oc34)c2)c1. The Labute approximate surface area is 325 Å². The normalized spacial score (nSPS) is 11.6. The average Bonchev–Trinajstić information content (AvgIpc) is 3.66. The van der Waals surface area contributed by atoms with Crippen molar-refractivity contribution >= 4 is 71.3 Å². The van der Waals surface area contributed by atoms with Crippen molar-refractivity contribution in [3.63, 3.8) is 0 Å². The summed E-state index contributed by atoms with van der Waals surface area (Å²) >= 11 is 0. The predicted molar refractivity (Wildman–Crippen MR) is 237 cm³/mol. The summed E-state index contributed by atoms with van der Waals surface area (Å²) in [6.07, 6.45) is 0. The summed E-state index contributed by atoms with van der Waals surface area (Å²) in [7, 11) is 0. The van der Waals surface area contributed by atoms with Crippen LogP contribution in [0, 0.1) is 0 Å². The van der Waals surface area contributed by atoms with E-state index in [0.717, 1.165) is 60.9 Å². The second kappa shape index (κ2) is 13.2. The molecular weight excluding hydrogens is 679 g/mol. The Morgan fingerprint density at radius 3 is 1.45 bits per heavy atom. The number of hydrogen-bond donors (Lipinski definition) is 0. The quantitative estimate of drug-likeness (QED) is 0.171. The lowest BCUT2D eigenvalue weighted by Gasteiger charge is -2.28. The molecule has 0 aliphatic heterocycles. The molecule has 0 atom stereocenters. The molecule has 0 unspecified atom stereocenters. The first-order valence-corrected chi connectivity index (χ1v) is 19.2. The van der Waals surface area contributed by atoms with Gasteiger partial charge in [-0.25, -0.2) is 0 Å². The fourth-order valence-electron chi connectivity index (χ4n) is 8.36. The van der Waals surface area contributed by atoms with E-state index in [2.05, 4.69) is 205 Å². The monoisotopic (exact) mass is 713 g/mol. The molecule has 0 fully saturated rings. The molecule has 0 aliphatic carbocycles. The van der Waals surface area contributed by atoms with Crippen LogP contribution in [0.4, 0.5) is 17.1 Å². The van der Waals surface area contributed by atoms with Crippen LogP contribution in [0.15, 0.2) is 217 Å². The molecule has 0 amide bonds. The van der Waals surface area contributed by atoms with Crippen LogP contribution in [-0.2, 0) is 0 Å². The van der Waals surface area contributed by atoms with Gasteiger partial charge in [-0.05, 0) is 121 Å². The third-order valence-electron chi connectivity index (χ3n) is 11.2. The maximum atomic E-state index is 6.41. The molecule has 2 heteroatoms. The summed E-state index contributed by atoms with van der Waals surface area (Å²) in [5, 5.41) is 9.54. The van der Waals surface area contributed by atoms with Gasteiger partial charge in [-0.15, -0.1) is 0 Å². The zero-order valence-corrected chi connectivity index (χ0v) is 30.6. The van der Waals surface area contributed by atoms with Crippen LogP contribution in [0.5, 0.6) is 0 Å². The molecule has 0 radical (unpaired) electrons. The first-order valence-electron chi connectivity index (χ1n) is 19.2. The van der Waals surface area contributed by atoms with Gasteiger partial charge in [0.25, 0.3) is 0 Å². The minimum Gasteiger partial charge on any atom is -0.455 e. The standard InChI is InChI=1S/C54H35NO/c1-3-11-40-33-42(19-17-36(40)9-1)38-21-27-46(28-22-38)55(47-29-23-39(24-30-47)43-20-18-37-10-2-4-12-41(37)34-43)52-15-7-5-13-48(52)44-25-31-49-45(35-44)26-32-51-50-14-6-8-16-53(50)56-54(49)51/h1-35H. The van der Waals surface area contributed by atoms with Gasteiger partial charge < -0.3 is 9.32 Å². The molecule has 11 rings (SSSR count). The van der Waals surface area contributed by atoms with Crippen LogP contribution >= 0.6 is 0 Å². The van der Waals surface area contributed by atoms with Gasteiger partial charge in [-0.3, -0.25) is 0 Å². The molecular formula is C54H35NO. The first kappa shape index (κ1) is 32.0. The number of benzene rings is 10. The summed E-state index contributed by atoms with van der Waals surface area (Å²) in [5.41, 5.74) is 12.2. The second-order valence-corrected chi connectivity index (χ2v) is 14.5. The van der Waals surface area contributed by atoms with Crippen LogP contribution in [-0.4, -0.2) is 0 Å². The van der Waals surface area contributed by atoms with Crippen molar-refractivity contribution in [3.05, 3.63) is 212 Å². The van der Waals surface area contributed by atoms with E-state index in [-0.39, 0.29) is 0 Å². The molecule has 0 N–H and O–H groups in total. The van der Waals surface area contributed by atoms with Crippen molar-refractivity contribution < 1.29 is 4.42 Å². The molecule has 262 valence electrons. The van der Waals surface area contributed by atoms with E-state index in [1.54, 1.807) is 0 Å².